The number of carboxylic acid groups (broad SMARTS) is 1. The Morgan fingerprint density at radius 3 is 2.38 bits per heavy atom. The molecule has 1 N–H and O–H groups in total. The van der Waals surface area contributed by atoms with Crippen molar-refractivity contribution in [2.45, 2.75) is 0 Å². The summed E-state index contributed by atoms with van der Waals surface area (Å²) in [6, 6.07) is 23.2. The summed E-state index contributed by atoms with van der Waals surface area (Å²) in [4.78, 5) is 12.4. The molecule has 6 nitrogen and oxygen atoms in total. The molecule has 2 heterocycles. The number of carboxylic acids is 1. The minimum atomic E-state index is -1.26. The summed E-state index contributed by atoms with van der Waals surface area (Å²) in [5, 5.41) is 25.7. The highest BCUT2D eigenvalue weighted by molar-refractivity contribution is 7.16. The third kappa shape index (κ3) is 3.83. The van der Waals surface area contributed by atoms with E-state index in [0.29, 0.717) is 16.3 Å². The van der Waals surface area contributed by atoms with Gasteiger partial charge in [-0.1, -0.05) is 54.6 Å². The first-order chi connectivity index (χ1) is 14.2. The molecular formula is C22H13N3O3S. The van der Waals surface area contributed by atoms with Gasteiger partial charge in [0.05, 0.1) is 4.88 Å². The zero-order valence-corrected chi connectivity index (χ0v) is 15.8. The van der Waals surface area contributed by atoms with E-state index in [9.17, 15) is 4.79 Å². The van der Waals surface area contributed by atoms with Crippen molar-refractivity contribution in [1.29, 1.82) is 5.26 Å². The molecule has 140 valence electrons. The second-order valence-electron chi connectivity index (χ2n) is 6.07. The molecule has 0 aliphatic heterocycles. The number of thiophene rings is 1. The Labute approximate surface area is 170 Å². The van der Waals surface area contributed by atoms with E-state index in [1.165, 1.54) is 17.4 Å². The smallest absolute Gasteiger partial charge is 0.346 e. The van der Waals surface area contributed by atoms with Crippen molar-refractivity contribution in [3.8, 4) is 39.1 Å². The number of aromatic nitrogens is 2. The van der Waals surface area contributed by atoms with Crippen LogP contribution in [0, 0.1) is 11.3 Å². The number of nitrogens with zero attached hydrogens (tertiary/aromatic N) is 3. The van der Waals surface area contributed by atoms with Crippen molar-refractivity contribution in [2.24, 2.45) is 0 Å². The second-order valence-corrected chi connectivity index (χ2v) is 7.19. The van der Waals surface area contributed by atoms with Crippen LogP contribution in [-0.2, 0) is 4.79 Å². The van der Waals surface area contributed by atoms with Crippen molar-refractivity contribution in [1.82, 2.24) is 10.4 Å². The summed E-state index contributed by atoms with van der Waals surface area (Å²) in [7, 11) is 0. The predicted molar refractivity (Wildman–Crippen MR) is 110 cm³/mol. The number of carbonyl (C=O) groups is 1. The van der Waals surface area contributed by atoms with E-state index in [1.54, 1.807) is 18.2 Å². The van der Waals surface area contributed by atoms with E-state index < -0.39 is 5.97 Å². The van der Waals surface area contributed by atoms with Crippen LogP contribution in [0.5, 0.6) is 0 Å². The summed E-state index contributed by atoms with van der Waals surface area (Å²) in [5.74, 6) is -0.731. The molecule has 0 saturated heterocycles. The summed E-state index contributed by atoms with van der Waals surface area (Å²) in [6.07, 6.45) is 1.33. The van der Waals surface area contributed by atoms with E-state index >= 15 is 0 Å². The molecule has 0 aliphatic carbocycles. The molecule has 0 atom stereocenters. The van der Waals surface area contributed by atoms with Crippen LogP contribution in [0.2, 0.25) is 0 Å². The minimum Gasteiger partial charge on any atom is -0.477 e. The van der Waals surface area contributed by atoms with Gasteiger partial charge in [-0.15, -0.1) is 16.4 Å². The van der Waals surface area contributed by atoms with Crippen LogP contribution in [0.1, 0.15) is 4.88 Å². The normalized spacial score (nSPS) is 11.2. The van der Waals surface area contributed by atoms with E-state index in [1.807, 2.05) is 54.6 Å². The fourth-order valence-electron chi connectivity index (χ4n) is 2.83. The molecule has 4 rings (SSSR count). The van der Waals surface area contributed by atoms with Crippen LogP contribution in [0.15, 0.2) is 76.8 Å². The van der Waals surface area contributed by atoms with Gasteiger partial charge in [-0.3, -0.25) is 0 Å². The molecule has 7 heteroatoms. The molecule has 0 aliphatic rings. The van der Waals surface area contributed by atoms with E-state index in [-0.39, 0.29) is 5.57 Å². The van der Waals surface area contributed by atoms with Crippen molar-refractivity contribution in [2.75, 3.05) is 0 Å². The molecule has 0 bridgehead atoms. The number of rotatable bonds is 5. The van der Waals surface area contributed by atoms with Crippen LogP contribution < -0.4 is 0 Å². The quantitative estimate of drug-likeness (QED) is 0.369. The Morgan fingerprint density at radius 2 is 1.69 bits per heavy atom. The van der Waals surface area contributed by atoms with Crippen LogP contribution in [-0.4, -0.2) is 21.4 Å². The molecule has 0 unspecified atom stereocenters. The number of nitriles is 1. The van der Waals surface area contributed by atoms with Crippen molar-refractivity contribution in [3.63, 3.8) is 0 Å². The molecule has 0 saturated carbocycles. The van der Waals surface area contributed by atoms with Crippen LogP contribution in [0.25, 0.3) is 39.1 Å². The van der Waals surface area contributed by atoms with Gasteiger partial charge in [0.1, 0.15) is 11.6 Å². The Kier molecular flexibility index (Phi) is 5.01. The first-order valence-corrected chi connectivity index (χ1v) is 9.41. The Bertz CT molecular complexity index is 1230. The van der Waals surface area contributed by atoms with Crippen molar-refractivity contribution in [3.05, 3.63) is 77.2 Å². The molecule has 29 heavy (non-hydrogen) atoms. The average Bonchev–Trinajstić information content (AvgIpc) is 3.42. The molecule has 0 radical (unpaired) electrons. The van der Waals surface area contributed by atoms with Gasteiger partial charge in [-0.05, 0) is 29.3 Å². The Balaban J connectivity index is 1.65. The SMILES string of the molecule is N#C/C(=C\c1ccc(-c2nnoc2-c2ccc(-c3ccccc3)cc2)s1)C(=O)O. The van der Waals surface area contributed by atoms with Crippen molar-refractivity contribution < 1.29 is 14.4 Å². The lowest BCUT2D eigenvalue weighted by Gasteiger charge is -2.03. The average molecular weight is 399 g/mol. The van der Waals surface area contributed by atoms with E-state index in [4.69, 9.17) is 14.9 Å². The summed E-state index contributed by atoms with van der Waals surface area (Å²) in [5.41, 5.74) is 3.28. The lowest BCUT2D eigenvalue weighted by molar-refractivity contribution is -0.132. The lowest BCUT2D eigenvalue weighted by atomic mass is 10.0. The predicted octanol–water partition coefficient (Wildman–Crippen LogP) is 5.12. The lowest BCUT2D eigenvalue weighted by Crippen LogP contribution is -1.96. The monoisotopic (exact) mass is 399 g/mol. The number of benzene rings is 2. The third-order valence-corrected chi connectivity index (χ3v) is 5.28. The topological polar surface area (TPSA) is 100 Å². The van der Waals surface area contributed by atoms with E-state index in [0.717, 1.165) is 21.6 Å². The van der Waals surface area contributed by atoms with Gasteiger partial charge < -0.3 is 9.63 Å². The van der Waals surface area contributed by atoms with Crippen LogP contribution >= 0.6 is 11.3 Å². The first-order valence-electron chi connectivity index (χ1n) is 8.59. The highest BCUT2D eigenvalue weighted by Gasteiger charge is 2.17. The number of hydrogen-bond donors (Lipinski definition) is 1. The molecule has 0 amide bonds. The first kappa shape index (κ1) is 18.3. The zero-order chi connectivity index (χ0) is 20.2. The highest BCUT2D eigenvalue weighted by Crippen LogP contribution is 2.35. The summed E-state index contributed by atoms with van der Waals surface area (Å²) < 4.78 is 5.38. The Morgan fingerprint density at radius 1 is 1.00 bits per heavy atom. The maximum atomic E-state index is 11.0. The van der Waals surface area contributed by atoms with Gasteiger partial charge in [0.2, 0.25) is 0 Å². The minimum absolute atomic E-state index is 0.326. The number of hydrogen-bond acceptors (Lipinski definition) is 6. The fourth-order valence-corrected chi connectivity index (χ4v) is 3.76. The molecule has 2 aromatic heterocycles. The molecule has 2 aromatic carbocycles. The second kappa shape index (κ2) is 7.92. The third-order valence-electron chi connectivity index (χ3n) is 4.24. The van der Waals surface area contributed by atoms with Gasteiger partial charge >= 0.3 is 5.97 Å². The van der Waals surface area contributed by atoms with Gasteiger partial charge in [0.15, 0.2) is 11.5 Å². The summed E-state index contributed by atoms with van der Waals surface area (Å²) >= 11 is 1.31. The molecular weight excluding hydrogens is 386 g/mol. The zero-order valence-electron chi connectivity index (χ0n) is 14.9. The van der Waals surface area contributed by atoms with Gasteiger partial charge in [-0.25, -0.2) is 4.79 Å². The molecule has 0 spiro atoms. The maximum Gasteiger partial charge on any atom is 0.346 e. The molecule has 4 aromatic rings. The van der Waals surface area contributed by atoms with Crippen LogP contribution in [0.3, 0.4) is 0 Å². The summed E-state index contributed by atoms with van der Waals surface area (Å²) in [6.45, 7) is 0. The van der Waals surface area contributed by atoms with Gasteiger partial charge in [-0.2, -0.15) is 5.26 Å². The van der Waals surface area contributed by atoms with Gasteiger partial charge in [0, 0.05) is 15.7 Å². The Hall–Kier alpha value is -4.02. The number of aliphatic carboxylic acids is 1. The van der Waals surface area contributed by atoms with Crippen molar-refractivity contribution >= 4 is 23.4 Å². The maximum absolute atomic E-state index is 11.0. The fraction of sp³-hybridized carbons (Fsp3) is 0. The van der Waals surface area contributed by atoms with Crippen LogP contribution in [0.4, 0.5) is 0 Å². The standard InChI is InChI=1S/C22H13N3O3S/c23-13-17(22(26)27)12-18-10-11-19(29-18)20-21(28-25-24-20)16-8-6-15(7-9-16)14-4-2-1-3-5-14/h1-12H,(H,26,27)/b17-12+. The van der Waals surface area contributed by atoms with E-state index in [2.05, 4.69) is 10.4 Å². The largest absolute Gasteiger partial charge is 0.477 e. The molecule has 0 fully saturated rings. The van der Waals surface area contributed by atoms with Gasteiger partial charge in [0.25, 0.3) is 0 Å². The highest BCUT2D eigenvalue weighted by atomic mass is 32.1.